The summed E-state index contributed by atoms with van der Waals surface area (Å²) in [6.07, 6.45) is 1.71. The smallest absolute Gasteiger partial charge is 0.176 e. The van der Waals surface area contributed by atoms with Gasteiger partial charge in [-0.1, -0.05) is 18.2 Å². The maximum absolute atomic E-state index is 8.67. The molecular weight excluding hydrogens is 405 g/mol. The fourth-order valence-corrected chi connectivity index (χ4v) is 2.65. The van der Waals surface area contributed by atoms with Crippen LogP contribution < -0.4 is 14.9 Å². The van der Waals surface area contributed by atoms with Crippen LogP contribution in [0, 0.1) is 14.9 Å². The predicted octanol–water partition coefficient (Wildman–Crippen LogP) is 4.04. The van der Waals surface area contributed by atoms with Crippen LogP contribution in [0.1, 0.15) is 12.5 Å². The van der Waals surface area contributed by atoms with E-state index < -0.39 is 0 Å². The van der Waals surface area contributed by atoms with E-state index in [1.807, 2.05) is 55.5 Å². The SMILES string of the molecule is CCOc1cc(/C=N\Nc2ccccc2)cc(I)c1OCC#N. The summed E-state index contributed by atoms with van der Waals surface area (Å²) in [5.74, 6) is 1.19. The zero-order chi connectivity index (χ0) is 16.5. The van der Waals surface area contributed by atoms with Gasteiger partial charge in [0.15, 0.2) is 18.1 Å². The molecule has 0 aliphatic heterocycles. The molecule has 0 heterocycles. The van der Waals surface area contributed by atoms with Gasteiger partial charge in [0.05, 0.1) is 22.1 Å². The van der Waals surface area contributed by atoms with Gasteiger partial charge in [-0.05, 0) is 59.3 Å². The van der Waals surface area contributed by atoms with E-state index in [-0.39, 0.29) is 6.61 Å². The Kier molecular flexibility index (Phi) is 6.69. The Labute approximate surface area is 149 Å². The van der Waals surface area contributed by atoms with Crippen molar-refractivity contribution < 1.29 is 9.47 Å². The molecule has 2 rings (SSSR count). The highest BCUT2D eigenvalue weighted by Crippen LogP contribution is 2.33. The third-order valence-corrected chi connectivity index (χ3v) is 3.60. The molecule has 23 heavy (non-hydrogen) atoms. The third kappa shape index (κ3) is 5.14. The lowest BCUT2D eigenvalue weighted by molar-refractivity contribution is 0.297. The molecule has 0 aromatic heterocycles. The number of rotatable bonds is 7. The second-order valence-electron chi connectivity index (χ2n) is 4.45. The van der Waals surface area contributed by atoms with Crippen LogP contribution >= 0.6 is 22.6 Å². The molecular formula is C17H16IN3O2. The largest absolute Gasteiger partial charge is 0.490 e. The highest BCUT2D eigenvalue weighted by atomic mass is 127. The summed E-state index contributed by atoms with van der Waals surface area (Å²) in [5, 5.41) is 12.9. The van der Waals surface area contributed by atoms with E-state index in [9.17, 15) is 0 Å². The zero-order valence-corrected chi connectivity index (χ0v) is 14.8. The van der Waals surface area contributed by atoms with Crippen molar-refractivity contribution in [1.29, 1.82) is 5.26 Å². The number of hydrazone groups is 1. The van der Waals surface area contributed by atoms with E-state index in [0.717, 1.165) is 14.8 Å². The van der Waals surface area contributed by atoms with Gasteiger partial charge >= 0.3 is 0 Å². The Bertz CT molecular complexity index is 712. The Balaban J connectivity index is 2.17. The van der Waals surface area contributed by atoms with Crippen molar-refractivity contribution in [3.63, 3.8) is 0 Å². The van der Waals surface area contributed by atoms with Crippen LogP contribution in [0.2, 0.25) is 0 Å². The lowest BCUT2D eigenvalue weighted by Crippen LogP contribution is -2.02. The van der Waals surface area contributed by atoms with Gasteiger partial charge in [-0.15, -0.1) is 0 Å². The van der Waals surface area contributed by atoms with E-state index >= 15 is 0 Å². The molecule has 2 aromatic rings. The topological polar surface area (TPSA) is 66.6 Å². The fraction of sp³-hybridized carbons (Fsp3) is 0.176. The van der Waals surface area contributed by atoms with E-state index in [1.54, 1.807) is 6.21 Å². The van der Waals surface area contributed by atoms with Gasteiger partial charge in [0, 0.05) is 0 Å². The molecule has 0 fully saturated rings. The monoisotopic (exact) mass is 421 g/mol. The molecule has 0 atom stereocenters. The average Bonchev–Trinajstić information content (AvgIpc) is 2.55. The van der Waals surface area contributed by atoms with Gasteiger partial charge in [0.25, 0.3) is 0 Å². The van der Waals surface area contributed by atoms with Crippen LogP contribution in [-0.4, -0.2) is 19.4 Å². The Morgan fingerprint density at radius 3 is 2.74 bits per heavy atom. The molecule has 1 N–H and O–H groups in total. The van der Waals surface area contributed by atoms with Crippen LogP contribution in [0.5, 0.6) is 11.5 Å². The van der Waals surface area contributed by atoms with Crippen molar-refractivity contribution in [3.8, 4) is 17.6 Å². The number of ether oxygens (including phenoxy) is 2. The van der Waals surface area contributed by atoms with Crippen molar-refractivity contribution >= 4 is 34.5 Å². The molecule has 0 bridgehead atoms. The summed E-state index contributed by atoms with van der Waals surface area (Å²) in [7, 11) is 0. The van der Waals surface area contributed by atoms with E-state index in [2.05, 4.69) is 33.1 Å². The molecule has 118 valence electrons. The van der Waals surface area contributed by atoms with Crippen molar-refractivity contribution in [2.45, 2.75) is 6.92 Å². The van der Waals surface area contributed by atoms with Gasteiger partial charge < -0.3 is 9.47 Å². The zero-order valence-electron chi connectivity index (χ0n) is 12.6. The minimum atomic E-state index is -0.0148. The summed E-state index contributed by atoms with van der Waals surface area (Å²) in [5.41, 5.74) is 4.76. The Hall–Kier alpha value is -2.27. The lowest BCUT2D eigenvalue weighted by atomic mass is 10.2. The molecule has 0 amide bonds. The summed E-state index contributed by atoms with van der Waals surface area (Å²) >= 11 is 2.16. The molecule has 6 heteroatoms. The summed E-state index contributed by atoms with van der Waals surface area (Å²) < 4.78 is 11.9. The second-order valence-corrected chi connectivity index (χ2v) is 5.61. The highest BCUT2D eigenvalue weighted by Gasteiger charge is 2.11. The Morgan fingerprint density at radius 2 is 2.04 bits per heavy atom. The molecule has 0 aliphatic carbocycles. The number of nitriles is 1. The first-order chi connectivity index (χ1) is 11.2. The molecule has 2 aromatic carbocycles. The van der Waals surface area contributed by atoms with E-state index in [4.69, 9.17) is 14.7 Å². The van der Waals surface area contributed by atoms with Crippen LogP contribution in [-0.2, 0) is 0 Å². The standard InChI is InChI=1S/C17H16IN3O2/c1-2-22-16-11-13(10-15(18)17(16)23-9-8-19)12-20-21-14-6-4-3-5-7-14/h3-7,10-12,21H,2,9H2,1H3/b20-12-. The second kappa shape index (κ2) is 9.00. The van der Waals surface area contributed by atoms with Gasteiger partial charge in [-0.25, -0.2) is 0 Å². The van der Waals surface area contributed by atoms with Gasteiger partial charge in [0.2, 0.25) is 0 Å². The first-order valence-corrected chi connectivity index (χ1v) is 8.12. The highest BCUT2D eigenvalue weighted by molar-refractivity contribution is 14.1. The maximum Gasteiger partial charge on any atom is 0.176 e. The molecule has 0 aliphatic rings. The minimum Gasteiger partial charge on any atom is -0.490 e. The van der Waals surface area contributed by atoms with E-state index in [1.165, 1.54) is 0 Å². The summed E-state index contributed by atoms with van der Waals surface area (Å²) in [6.45, 7) is 2.40. The number of hydrogen-bond donors (Lipinski definition) is 1. The number of anilines is 1. The lowest BCUT2D eigenvalue weighted by Gasteiger charge is -2.12. The van der Waals surface area contributed by atoms with Crippen LogP contribution in [0.4, 0.5) is 5.69 Å². The number of benzene rings is 2. The number of hydrogen-bond acceptors (Lipinski definition) is 5. The first-order valence-electron chi connectivity index (χ1n) is 7.04. The van der Waals surface area contributed by atoms with Gasteiger partial charge in [-0.3, -0.25) is 5.43 Å². The van der Waals surface area contributed by atoms with Crippen LogP contribution in [0.15, 0.2) is 47.6 Å². The fourth-order valence-electron chi connectivity index (χ4n) is 1.86. The molecule has 0 radical (unpaired) electrons. The third-order valence-electron chi connectivity index (χ3n) is 2.79. The molecule has 0 spiro atoms. The van der Waals surface area contributed by atoms with E-state index in [0.29, 0.717) is 18.1 Å². The van der Waals surface area contributed by atoms with Gasteiger partial charge in [-0.2, -0.15) is 10.4 Å². The van der Waals surface area contributed by atoms with Crippen LogP contribution in [0.25, 0.3) is 0 Å². The minimum absolute atomic E-state index is 0.0148. The number of nitrogens with zero attached hydrogens (tertiary/aromatic N) is 2. The molecule has 5 nitrogen and oxygen atoms in total. The molecule has 0 unspecified atom stereocenters. The number of para-hydroxylation sites is 1. The van der Waals surface area contributed by atoms with Crippen molar-refractivity contribution in [1.82, 2.24) is 0 Å². The molecule has 0 saturated carbocycles. The van der Waals surface area contributed by atoms with Crippen molar-refractivity contribution in [2.24, 2.45) is 5.10 Å². The maximum atomic E-state index is 8.67. The van der Waals surface area contributed by atoms with Crippen molar-refractivity contribution in [2.75, 3.05) is 18.6 Å². The average molecular weight is 421 g/mol. The quantitative estimate of drug-likeness (QED) is 0.417. The van der Waals surface area contributed by atoms with Crippen molar-refractivity contribution in [3.05, 3.63) is 51.6 Å². The summed E-state index contributed by atoms with van der Waals surface area (Å²) in [6, 6.07) is 15.4. The predicted molar refractivity (Wildman–Crippen MR) is 99.1 cm³/mol. The van der Waals surface area contributed by atoms with Crippen LogP contribution in [0.3, 0.4) is 0 Å². The number of nitrogens with one attached hydrogen (secondary N) is 1. The number of halogens is 1. The first kappa shape index (κ1) is 17.1. The summed E-state index contributed by atoms with van der Waals surface area (Å²) in [4.78, 5) is 0. The Morgan fingerprint density at radius 1 is 1.26 bits per heavy atom. The normalized spacial score (nSPS) is 10.3. The molecule has 0 saturated heterocycles. The van der Waals surface area contributed by atoms with Gasteiger partial charge in [0.1, 0.15) is 6.07 Å².